The van der Waals surface area contributed by atoms with Gasteiger partial charge in [-0.3, -0.25) is 0 Å². The maximum absolute atomic E-state index is 5.56. The second-order valence-corrected chi connectivity index (χ2v) is 5.36. The van der Waals surface area contributed by atoms with Crippen LogP contribution in [-0.4, -0.2) is 93.1 Å². The highest BCUT2D eigenvalue weighted by Crippen LogP contribution is 1.78. The van der Waals surface area contributed by atoms with Crippen molar-refractivity contribution in [2.24, 2.45) is 0 Å². The molecule has 6 heteroatoms. The van der Waals surface area contributed by atoms with Gasteiger partial charge in [-0.15, -0.1) is 0 Å². The van der Waals surface area contributed by atoms with Crippen LogP contribution in [0.15, 0.2) is 0 Å². The molecule has 0 aromatic carbocycles. The fourth-order valence-corrected chi connectivity index (χ4v) is 1.88. The van der Waals surface area contributed by atoms with Crippen molar-refractivity contribution in [2.45, 2.75) is 0 Å². The van der Waals surface area contributed by atoms with Gasteiger partial charge in [0.1, 0.15) is 26.2 Å². The average Bonchev–Trinajstić information content (AvgIpc) is 2.43. The van der Waals surface area contributed by atoms with Crippen LogP contribution in [0.2, 0.25) is 0 Å². The number of hydrogen-bond donors (Lipinski definition) is 2. The zero-order valence-electron chi connectivity index (χ0n) is 13.1. The van der Waals surface area contributed by atoms with Crippen LogP contribution < -0.4 is 9.80 Å². The zero-order chi connectivity index (χ0) is 14.5. The standard InChI is InChI=1S/C14H30N2O4/c1-15-3-7-17-11-13-19-9-5-16(2)6-10-20-14-12-18-8-4-15/h3-14H2,1-2H3/p+2. The molecule has 2 N–H and O–H groups in total. The molecule has 1 fully saturated rings. The van der Waals surface area contributed by atoms with Gasteiger partial charge >= 0.3 is 0 Å². The SMILES string of the molecule is C[NH+]1CCOCCOCC[NH+](C)CCOCCOCC1. The largest absolute Gasteiger partial charge is 0.373 e. The Morgan fingerprint density at radius 1 is 0.450 bits per heavy atom. The lowest BCUT2D eigenvalue weighted by molar-refractivity contribution is -0.881. The molecule has 1 aliphatic rings. The molecule has 0 aromatic heterocycles. The Kier molecular flexibility index (Phi) is 11.1. The summed E-state index contributed by atoms with van der Waals surface area (Å²) in [5.74, 6) is 0. The van der Waals surface area contributed by atoms with E-state index in [1.807, 2.05) is 0 Å². The molecule has 0 aliphatic carbocycles. The molecule has 1 saturated heterocycles. The number of likely N-dealkylation sites (N-methyl/N-ethyl adjacent to an activating group) is 2. The van der Waals surface area contributed by atoms with E-state index >= 15 is 0 Å². The molecule has 0 amide bonds. The van der Waals surface area contributed by atoms with Crippen molar-refractivity contribution in [3.63, 3.8) is 0 Å². The first-order valence-electron chi connectivity index (χ1n) is 7.72. The highest BCUT2D eigenvalue weighted by molar-refractivity contribution is 4.36. The summed E-state index contributed by atoms with van der Waals surface area (Å²) < 4.78 is 22.3. The van der Waals surface area contributed by atoms with E-state index in [-0.39, 0.29) is 0 Å². The van der Waals surface area contributed by atoms with Crippen LogP contribution in [0.4, 0.5) is 0 Å². The normalized spacial score (nSPS) is 30.3. The molecule has 0 aromatic rings. The van der Waals surface area contributed by atoms with Crippen molar-refractivity contribution in [1.82, 2.24) is 0 Å². The molecule has 0 saturated carbocycles. The first-order chi connectivity index (χ1) is 9.79. The summed E-state index contributed by atoms with van der Waals surface area (Å²) in [6, 6.07) is 0. The highest BCUT2D eigenvalue weighted by atomic mass is 16.5. The maximum atomic E-state index is 5.56. The van der Waals surface area contributed by atoms with Gasteiger partial charge in [0, 0.05) is 0 Å². The predicted molar refractivity (Wildman–Crippen MR) is 76.5 cm³/mol. The van der Waals surface area contributed by atoms with Gasteiger partial charge in [-0.1, -0.05) is 0 Å². The lowest BCUT2D eigenvalue weighted by atomic mass is 10.5. The van der Waals surface area contributed by atoms with Crippen LogP contribution in [0.3, 0.4) is 0 Å². The molecule has 1 heterocycles. The van der Waals surface area contributed by atoms with E-state index in [2.05, 4.69) is 14.1 Å². The van der Waals surface area contributed by atoms with Crippen LogP contribution >= 0.6 is 0 Å². The number of nitrogens with one attached hydrogen (secondary N) is 2. The molecule has 1 aliphatic heterocycles. The number of quaternary nitrogens is 2. The van der Waals surface area contributed by atoms with E-state index in [1.165, 1.54) is 9.80 Å². The van der Waals surface area contributed by atoms with Crippen LogP contribution in [0.25, 0.3) is 0 Å². The topological polar surface area (TPSA) is 45.8 Å². The minimum Gasteiger partial charge on any atom is -0.373 e. The molecule has 1 rings (SSSR count). The second-order valence-electron chi connectivity index (χ2n) is 5.36. The molecule has 0 radical (unpaired) electrons. The summed E-state index contributed by atoms with van der Waals surface area (Å²) >= 11 is 0. The minimum atomic E-state index is 0.686. The fourth-order valence-electron chi connectivity index (χ4n) is 1.88. The lowest BCUT2D eigenvalue weighted by Gasteiger charge is -2.16. The third kappa shape index (κ3) is 10.5. The summed E-state index contributed by atoms with van der Waals surface area (Å²) in [6.45, 7) is 9.90. The van der Waals surface area contributed by atoms with E-state index in [0.717, 1.165) is 52.6 Å². The molecule has 0 spiro atoms. The van der Waals surface area contributed by atoms with Crippen molar-refractivity contribution in [3.05, 3.63) is 0 Å². The monoisotopic (exact) mass is 292 g/mol. The quantitative estimate of drug-likeness (QED) is 0.503. The number of rotatable bonds is 0. The van der Waals surface area contributed by atoms with Crippen molar-refractivity contribution in [1.29, 1.82) is 0 Å². The van der Waals surface area contributed by atoms with Gasteiger partial charge in [0.05, 0.1) is 67.0 Å². The molecule has 0 bridgehead atoms. The predicted octanol–water partition coefficient (Wildman–Crippen LogP) is -2.90. The fraction of sp³-hybridized carbons (Fsp3) is 1.00. The van der Waals surface area contributed by atoms with E-state index in [4.69, 9.17) is 18.9 Å². The highest BCUT2D eigenvalue weighted by Gasteiger charge is 2.04. The summed E-state index contributed by atoms with van der Waals surface area (Å²) in [5, 5.41) is 0. The van der Waals surface area contributed by atoms with E-state index in [9.17, 15) is 0 Å². The molecule has 120 valence electrons. The number of hydrogen-bond acceptors (Lipinski definition) is 4. The number of ether oxygens (including phenoxy) is 4. The minimum absolute atomic E-state index is 0.686. The van der Waals surface area contributed by atoms with Gasteiger partial charge in [0.2, 0.25) is 0 Å². The summed E-state index contributed by atoms with van der Waals surface area (Å²) in [7, 11) is 4.33. The summed E-state index contributed by atoms with van der Waals surface area (Å²) in [4.78, 5) is 2.86. The first-order valence-corrected chi connectivity index (χ1v) is 7.72. The van der Waals surface area contributed by atoms with Crippen molar-refractivity contribution in [3.8, 4) is 0 Å². The Morgan fingerprint density at radius 2 is 0.700 bits per heavy atom. The third-order valence-electron chi connectivity index (χ3n) is 3.44. The smallest absolute Gasteiger partial charge is 0.101 e. The van der Waals surface area contributed by atoms with Crippen molar-refractivity contribution < 1.29 is 28.7 Å². The Morgan fingerprint density at radius 3 is 0.950 bits per heavy atom. The Bertz CT molecular complexity index is 177. The van der Waals surface area contributed by atoms with Gasteiger partial charge in [-0.05, 0) is 0 Å². The van der Waals surface area contributed by atoms with Crippen LogP contribution in [0.5, 0.6) is 0 Å². The lowest BCUT2D eigenvalue weighted by Crippen LogP contribution is -3.10. The summed E-state index contributed by atoms with van der Waals surface area (Å²) in [5.41, 5.74) is 0. The Balaban J connectivity index is 2.16. The van der Waals surface area contributed by atoms with Crippen LogP contribution in [-0.2, 0) is 18.9 Å². The average molecular weight is 292 g/mol. The van der Waals surface area contributed by atoms with Crippen LogP contribution in [0, 0.1) is 0 Å². The van der Waals surface area contributed by atoms with Gasteiger partial charge in [0.15, 0.2) is 0 Å². The molecular weight excluding hydrogens is 260 g/mol. The van der Waals surface area contributed by atoms with Gasteiger partial charge in [-0.25, -0.2) is 0 Å². The second kappa shape index (κ2) is 12.5. The van der Waals surface area contributed by atoms with E-state index in [0.29, 0.717) is 26.4 Å². The first kappa shape index (κ1) is 17.8. The zero-order valence-corrected chi connectivity index (χ0v) is 13.1. The van der Waals surface area contributed by atoms with Crippen molar-refractivity contribution in [2.75, 3.05) is 93.1 Å². The molecule has 0 atom stereocenters. The Labute approximate surface area is 122 Å². The molecule has 20 heavy (non-hydrogen) atoms. The van der Waals surface area contributed by atoms with Gasteiger partial charge < -0.3 is 28.7 Å². The van der Waals surface area contributed by atoms with Crippen molar-refractivity contribution >= 4 is 0 Å². The van der Waals surface area contributed by atoms with E-state index in [1.54, 1.807) is 0 Å². The van der Waals surface area contributed by atoms with Gasteiger partial charge in [-0.2, -0.15) is 0 Å². The van der Waals surface area contributed by atoms with Crippen LogP contribution in [0.1, 0.15) is 0 Å². The maximum Gasteiger partial charge on any atom is 0.101 e. The summed E-state index contributed by atoms with van der Waals surface area (Å²) in [6.07, 6.45) is 0. The Hall–Kier alpha value is -0.240. The third-order valence-corrected chi connectivity index (χ3v) is 3.44. The molecular formula is C14H32N2O4+2. The molecule has 0 unspecified atom stereocenters. The molecule has 6 nitrogen and oxygen atoms in total. The van der Waals surface area contributed by atoms with E-state index < -0.39 is 0 Å². The van der Waals surface area contributed by atoms with Gasteiger partial charge in [0.25, 0.3) is 0 Å².